The molecule has 12 rings (SSSR count). The molecule has 7 heterocycles. The van der Waals surface area contributed by atoms with Crippen LogP contribution in [0.25, 0.3) is 11.0 Å². The van der Waals surface area contributed by atoms with Gasteiger partial charge in [-0.15, -0.1) is 0 Å². The normalized spacial score (nSPS) is 23.9. The third-order valence-corrected chi connectivity index (χ3v) is 19.7. The van der Waals surface area contributed by atoms with Crippen molar-refractivity contribution in [2.24, 2.45) is 11.3 Å². The molecule has 0 bridgehead atoms. The van der Waals surface area contributed by atoms with E-state index in [0.717, 1.165) is 112 Å². The van der Waals surface area contributed by atoms with Gasteiger partial charge in [-0.05, 0) is 157 Å². The first-order valence-electron chi connectivity index (χ1n) is 29.4. The summed E-state index contributed by atoms with van der Waals surface area (Å²) in [4.78, 5) is 48.6. The topological polar surface area (TPSA) is 230 Å². The number of anilines is 4. The number of amides is 1. The number of nitrogens with zero attached hydrogens (tertiary/aromatic N) is 7. The molecule has 4 N–H and O–H groups in total. The zero-order chi connectivity index (χ0) is 57.8. The molecular weight excluding hydrogens is 1080 g/mol. The van der Waals surface area contributed by atoms with Crippen LogP contribution in [-0.4, -0.2) is 139 Å². The second-order valence-corrected chi connectivity index (χ2v) is 26.2. The fourth-order valence-electron chi connectivity index (χ4n) is 13.9. The standard InChI is InChI=1S/C62H76N10O10S/c1-39(2)81-55-9-7-6-8-47(55)54-37-68(36-42-28-40(3)59(79-5)65-35-42)25-26-70(54)45-32-62(33-45)20-23-69(24-21-62)44-10-12-48(51(30-44)71-50-17-27-80-38-56(50)82-60-53(71)29-43-16-22-63-57(43)66-60)58(73)67-83(77,78)46-11-13-49(52(31-46)72(75)76)64-34-41-14-18-61(4,74)19-15-41/h6-13,16,22,28-31,35,39,41,45,50,54,56,64,74H,14-15,17-21,23-27,32-34,36-38H2,1-5H3,(H,63,66)(H,67,73)/t41?,50-,54+,56-,61?/m0/s1. The summed E-state index contributed by atoms with van der Waals surface area (Å²) in [5.74, 6) is 1.24. The molecule has 3 aromatic heterocycles. The molecule has 21 heteroatoms. The van der Waals surface area contributed by atoms with Crippen molar-refractivity contribution >= 4 is 55.4 Å². The van der Waals surface area contributed by atoms with Crippen LogP contribution in [0.2, 0.25) is 0 Å². The van der Waals surface area contributed by atoms with E-state index >= 15 is 0 Å². The summed E-state index contributed by atoms with van der Waals surface area (Å²) in [7, 11) is -2.99. The highest BCUT2D eigenvalue weighted by molar-refractivity contribution is 7.90. The number of nitro benzene ring substituents is 1. The van der Waals surface area contributed by atoms with Crippen molar-refractivity contribution in [2.45, 2.75) is 133 Å². The van der Waals surface area contributed by atoms with Gasteiger partial charge in [0.2, 0.25) is 11.8 Å². The van der Waals surface area contributed by atoms with Crippen molar-refractivity contribution in [3.63, 3.8) is 0 Å². The molecular formula is C62H76N10O10S. The molecule has 6 aromatic rings. The lowest BCUT2D eigenvalue weighted by atomic mass is 9.59. The van der Waals surface area contributed by atoms with Gasteiger partial charge in [0.15, 0.2) is 0 Å². The first kappa shape index (κ1) is 56.4. The van der Waals surface area contributed by atoms with Gasteiger partial charge in [-0.25, -0.2) is 18.1 Å². The van der Waals surface area contributed by atoms with Gasteiger partial charge in [0.05, 0.1) is 58.6 Å². The number of hydrogen-bond donors (Lipinski definition) is 4. The van der Waals surface area contributed by atoms with Crippen molar-refractivity contribution in [3.05, 3.63) is 124 Å². The maximum absolute atomic E-state index is 14.9. The average Bonchev–Trinajstić information content (AvgIpc) is 3.65. The van der Waals surface area contributed by atoms with Crippen molar-refractivity contribution in [1.29, 1.82) is 0 Å². The molecule has 83 heavy (non-hydrogen) atoms. The number of pyridine rings is 2. The number of ether oxygens (including phenoxy) is 4. The Hall–Kier alpha value is -7.04. The Balaban J connectivity index is 0.797. The van der Waals surface area contributed by atoms with Gasteiger partial charge in [-0.2, -0.15) is 4.98 Å². The molecule has 2 saturated carbocycles. The molecule has 2 aliphatic carbocycles. The molecule has 0 radical (unpaired) electrons. The van der Waals surface area contributed by atoms with E-state index in [1.165, 1.54) is 17.7 Å². The largest absolute Gasteiger partial charge is 0.491 e. The Morgan fingerprint density at radius 2 is 1.77 bits per heavy atom. The van der Waals surface area contributed by atoms with Gasteiger partial charge in [-0.3, -0.25) is 24.7 Å². The number of fused-ring (bicyclic) bond motifs is 3. The van der Waals surface area contributed by atoms with Crippen LogP contribution in [0.5, 0.6) is 17.5 Å². The van der Waals surface area contributed by atoms with Gasteiger partial charge >= 0.3 is 0 Å². The highest BCUT2D eigenvalue weighted by atomic mass is 32.2. The van der Waals surface area contributed by atoms with E-state index in [9.17, 15) is 28.4 Å². The summed E-state index contributed by atoms with van der Waals surface area (Å²) < 4.78 is 55.3. The van der Waals surface area contributed by atoms with Crippen LogP contribution in [0.3, 0.4) is 0 Å². The van der Waals surface area contributed by atoms with Crippen LogP contribution in [0.4, 0.5) is 28.4 Å². The van der Waals surface area contributed by atoms with Crippen molar-refractivity contribution < 1.29 is 42.2 Å². The van der Waals surface area contributed by atoms with Crippen LogP contribution in [0.15, 0.2) is 96.2 Å². The predicted molar refractivity (Wildman–Crippen MR) is 316 cm³/mol. The summed E-state index contributed by atoms with van der Waals surface area (Å²) in [5.41, 5.74) is 5.35. The van der Waals surface area contributed by atoms with E-state index in [1.54, 1.807) is 13.2 Å². The fraction of sp³-hybridized carbons (Fsp3) is 0.500. The third-order valence-electron chi connectivity index (χ3n) is 18.4. The number of piperazine rings is 1. The highest BCUT2D eigenvalue weighted by Crippen LogP contribution is 2.54. The van der Waals surface area contributed by atoms with E-state index in [1.807, 2.05) is 50.5 Å². The van der Waals surface area contributed by atoms with E-state index in [4.69, 9.17) is 23.9 Å². The summed E-state index contributed by atoms with van der Waals surface area (Å²) >= 11 is 0. The molecule has 20 nitrogen and oxygen atoms in total. The number of carbonyl (C=O) groups is 1. The number of nitrogens with one attached hydrogen (secondary N) is 3. The zero-order valence-corrected chi connectivity index (χ0v) is 48.8. The lowest BCUT2D eigenvalue weighted by Gasteiger charge is -2.58. The minimum absolute atomic E-state index is 0.0372. The number of methoxy groups -OCH3 is 1. The number of H-pyrrole nitrogens is 1. The summed E-state index contributed by atoms with van der Waals surface area (Å²) in [6.07, 6.45) is 10.8. The summed E-state index contributed by atoms with van der Waals surface area (Å²) in [6.45, 7) is 14.3. The molecule has 3 aromatic carbocycles. The van der Waals surface area contributed by atoms with Crippen molar-refractivity contribution in [1.82, 2.24) is 29.5 Å². The van der Waals surface area contributed by atoms with E-state index < -0.39 is 43.1 Å². The van der Waals surface area contributed by atoms with Crippen LogP contribution < -0.4 is 34.0 Å². The number of nitro groups is 1. The molecule has 3 atom stereocenters. The summed E-state index contributed by atoms with van der Waals surface area (Å²) in [6, 6.07) is 24.1. The summed E-state index contributed by atoms with van der Waals surface area (Å²) in [5, 5.41) is 26.9. The van der Waals surface area contributed by atoms with Crippen molar-refractivity contribution in [3.8, 4) is 17.5 Å². The molecule has 1 spiro atoms. The van der Waals surface area contributed by atoms with Gasteiger partial charge in [0.25, 0.3) is 21.6 Å². The second-order valence-electron chi connectivity index (χ2n) is 24.5. The van der Waals surface area contributed by atoms with Crippen LogP contribution in [0.1, 0.15) is 112 Å². The van der Waals surface area contributed by atoms with Gasteiger partial charge in [0, 0.05) is 99.1 Å². The van der Waals surface area contributed by atoms with Gasteiger partial charge in [-0.1, -0.05) is 18.2 Å². The molecule has 440 valence electrons. The number of para-hydroxylation sites is 1. The highest BCUT2D eigenvalue weighted by Gasteiger charge is 2.51. The lowest BCUT2D eigenvalue weighted by Crippen LogP contribution is -2.59. The molecule has 6 aliphatic rings. The number of aromatic amines is 1. The number of sulfonamides is 1. The Morgan fingerprint density at radius 1 is 0.976 bits per heavy atom. The molecule has 0 unspecified atom stereocenters. The Morgan fingerprint density at radius 3 is 2.53 bits per heavy atom. The number of aryl methyl sites for hydroxylation is 1. The molecule has 4 aliphatic heterocycles. The number of carbonyl (C=O) groups excluding carboxylic acids is 1. The minimum Gasteiger partial charge on any atom is -0.491 e. The zero-order valence-electron chi connectivity index (χ0n) is 48.0. The third kappa shape index (κ3) is 11.7. The molecule has 5 fully saturated rings. The Bertz CT molecular complexity index is 3500. The Labute approximate surface area is 485 Å². The quantitative estimate of drug-likeness (QED) is 0.0522. The van der Waals surface area contributed by atoms with Crippen LogP contribution in [-0.2, 0) is 21.3 Å². The number of aliphatic hydroxyl groups is 1. The lowest BCUT2D eigenvalue weighted by molar-refractivity contribution is -0.384. The number of rotatable bonds is 16. The maximum Gasteiger partial charge on any atom is 0.293 e. The first-order valence-corrected chi connectivity index (χ1v) is 30.9. The van der Waals surface area contributed by atoms with E-state index in [2.05, 4.69) is 83.8 Å². The van der Waals surface area contributed by atoms with Gasteiger partial charge in [0.1, 0.15) is 28.9 Å². The number of piperidine rings is 1. The maximum atomic E-state index is 14.9. The van der Waals surface area contributed by atoms with Crippen LogP contribution in [0, 0.1) is 28.4 Å². The number of hydrogen-bond acceptors (Lipinski definition) is 17. The Kier molecular flexibility index (Phi) is 15.5. The monoisotopic (exact) mass is 1150 g/mol. The van der Waals surface area contributed by atoms with E-state index in [-0.39, 0.29) is 47.4 Å². The number of aromatic nitrogens is 3. The first-order chi connectivity index (χ1) is 39.9. The number of benzene rings is 3. The average molecular weight is 1150 g/mol. The fourth-order valence-corrected chi connectivity index (χ4v) is 14.8. The van der Waals surface area contributed by atoms with Crippen molar-refractivity contribution in [2.75, 3.05) is 74.7 Å². The smallest absolute Gasteiger partial charge is 0.293 e. The van der Waals surface area contributed by atoms with Crippen LogP contribution >= 0.6 is 0 Å². The molecule has 3 saturated heterocycles. The second kappa shape index (κ2) is 22.8. The SMILES string of the molecule is COc1ncc(CN2CCN(C3CC4(CCN(c5ccc(C(=O)NS(=O)(=O)c6ccc(NCC7CCC(C)(O)CC7)c([N+](=O)[O-])c6)c(N6c7cc8cc[nH]c8nc7O[C@H]7COCC[C@@H]76)c5)CC4)C3)[C@@H](c3ccccc3OC(C)C)C2)cc1C. The molecule has 1 amide bonds. The van der Waals surface area contributed by atoms with E-state index in [0.29, 0.717) is 67.2 Å². The van der Waals surface area contributed by atoms with Gasteiger partial charge < -0.3 is 44.2 Å². The minimum atomic E-state index is -4.65. The predicted octanol–water partition coefficient (Wildman–Crippen LogP) is 9.44.